The third-order valence-electron chi connectivity index (χ3n) is 11.4. The highest BCUT2D eigenvalue weighted by Crippen LogP contribution is 2.57. The van der Waals surface area contributed by atoms with Crippen molar-refractivity contribution in [1.29, 1.82) is 5.26 Å². The summed E-state index contributed by atoms with van der Waals surface area (Å²) in [6.07, 6.45) is 1.45. The van der Waals surface area contributed by atoms with Crippen LogP contribution in [0.1, 0.15) is 4.88 Å². The molecular formula is C56H36N4O2S6. The maximum absolute atomic E-state index is 11.7. The van der Waals surface area contributed by atoms with Gasteiger partial charge in [-0.15, -0.1) is 68.0 Å². The zero-order chi connectivity index (χ0) is 46.3. The Morgan fingerprint density at radius 3 is 1.43 bits per heavy atom. The van der Waals surface area contributed by atoms with E-state index >= 15 is 0 Å². The van der Waals surface area contributed by atoms with E-state index in [0.717, 1.165) is 58.8 Å². The van der Waals surface area contributed by atoms with Crippen LogP contribution in [0.3, 0.4) is 0 Å². The van der Waals surface area contributed by atoms with Crippen LogP contribution in [0, 0.1) is 11.3 Å². The van der Waals surface area contributed by atoms with E-state index in [1.54, 1.807) is 34.0 Å². The first kappa shape index (κ1) is 43.2. The number of hydrogen-bond acceptors (Lipinski definition) is 11. The van der Waals surface area contributed by atoms with Crippen molar-refractivity contribution in [3.63, 3.8) is 0 Å². The first-order valence-electron chi connectivity index (χ1n) is 21.4. The molecule has 0 unspecified atom stereocenters. The van der Waals surface area contributed by atoms with Crippen LogP contribution in [0.15, 0.2) is 188 Å². The minimum Gasteiger partial charge on any atom is -0.477 e. The summed E-state index contributed by atoms with van der Waals surface area (Å²) in [5.41, 5.74) is 23.1. The molecule has 0 spiro atoms. The third kappa shape index (κ3) is 8.15. The van der Waals surface area contributed by atoms with Crippen molar-refractivity contribution >= 4 is 118 Å². The zero-order valence-electron chi connectivity index (χ0n) is 35.8. The fourth-order valence-electron chi connectivity index (χ4n) is 8.27. The Morgan fingerprint density at radius 1 is 0.500 bits per heavy atom. The van der Waals surface area contributed by atoms with E-state index in [4.69, 9.17) is 11.5 Å². The number of nitrogen functional groups attached to an aromatic ring is 2. The van der Waals surface area contributed by atoms with Crippen LogP contribution in [0.2, 0.25) is 0 Å². The summed E-state index contributed by atoms with van der Waals surface area (Å²) >= 11 is 10.4. The third-order valence-corrected chi connectivity index (χ3v) is 19.0. The van der Waals surface area contributed by atoms with Crippen molar-refractivity contribution in [1.82, 2.24) is 0 Å². The minimum absolute atomic E-state index is 0.288. The lowest BCUT2D eigenvalue weighted by Crippen LogP contribution is -2.12. The number of benzene rings is 5. The first-order chi connectivity index (χ1) is 33.3. The van der Waals surface area contributed by atoms with E-state index in [0.29, 0.717) is 11.4 Å². The van der Waals surface area contributed by atoms with E-state index in [1.165, 1.54) is 61.6 Å². The molecule has 5 N–H and O–H groups in total. The highest BCUT2D eigenvalue weighted by molar-refractivity contribution is 7.36. The van der Waals surface area contributed by atoms with Gasteiger partial charge in [0.05, 0.1) is 30.5 Å². The van der Waals surface area contributed by atoms with E-state index in [9.17, 15) is 15.2 Å². The fraction of sp³-hybridized carbons (Fsp3) is 0. The van der Waals surface area contributed by atoms with E-state index in [1.807, 2.05) is 95.5 Å². The van der Waals surface area contributed by atoms with Crippen LogP contribution in [0.4, 0.5) is 28.4 Å². The Balaban J connectivity index is 0.927. The summed E-state index contributed by atoms with van der Waals surface area (Å²) in [6, 6.07) is 64.5. The summed E-state index contributed by atoms with van der Waals surface area (Å²) in [5, 5.41) is 19.0. The van der Waals surface area contributed by atoms with Crippen LogP contribution in [0.5, 0.6) is 0 Å². The Hall–Kier alpha value is -7.34. The number of nitrogens with zero attached hydrogens (tertiary/aromatic N) is 2. The van der Waals surface area contributed by atoms with Crippen LogP contribution in [-0.2, 0) is 4.79 Å². The first-order valence-corrected chi connectivity index (χ1v) is 26.3. The van der Waals surface area contributed by atoms with Gasteiger partial charge in [0.1, 0.15) is 11.6 Å². The lowest BCUT2D eigenvalue weighted by atomic mass is 10.0. The lowest BCUT2D eigenvalue weighted by Gasteiger charge is -2.27. The molecule has 0 aliphatic heterocycles. The molecule has 0 bridgehead atoms. The summed E-state index contributed by atoms with van der Waals surface area (Å²) in [5.74, 6) is -1.23. The van der Waals surface area contributed by atoms with Gasteiger partial charge in [-0.2, -0.15) is 5.26 Å². The Kier molecular flexibility index (Phi) is 11.7. The predicted octanol–water partition coefficient (Wildman–Crippen LogP) is 17.5. The van der Waals surface area contributed by atoms with Crippen LogP contribution in [-0.4, -0.2) is 11.1 Å². The minimum atomic E-state index is -1.23. The van der Waals surface area contributed by atoms with Gasteiger partial charge in [0.2, 0.25) is 0 Å². The summed E-state index contributed by atoms with van der Waals surface area (Å²) in [4.78, 5) is 24.9. The molecule has 0 aliphatic rings. The van der Waals surface area contributed by atoms with Crippen molar-refractivity contribution in [2.45, 2.75) is 0 Å². The number of carbonyl (C=O) groups is 1. The fourth-order valence-corrected chi connectivity index (χ4v) is 15.7. The Bertz CT molecular complexity index is 3660. The number of para-hydroxylation sites is 2. The van der Waals surface area contributed by atoms with Crippen molar-refractivity contribution in [2.75, 3.05) is 16.4 Å². The SMILES string of the molecule is N#C/C(=C\c1ccc(-c2sc3c(-c4ccccc4)c(-c4ccc(-c5ccc(-c6ccc(-c7cc(N)c(N(c8ccccc8)c8ccccc8)cc7N)s6)s5)s4)sc3c2-c2ccccc2)s1)C(=O)O. The molecule has 68 heavy (non-hydrogen) atoms. The number of carboxylic acids is 1. The molecule has 0 atom stereocenters. The van der Waals surface area contributed by atoms with Crippen molar-refractivity contribution < 1.29 is 9.90 Å². The van der Waals surface area contributed by atoms with E-state index in [-0.39, 0.29) is 5.57 Å². The number of carboxylic acid groups (broad SMARTS) is 1. The lowest BCUT2D eigenvalue weighted by molar-refractivity contribution is -0.132. The van der Waals surface area contributed by atoms with Gasteiger partial charge in [-0.05, 0) is 102 Å². The van der Waals surface area contributed by atoms with Gasteiger partial charge in [0, 0.05) is 72.8 Å². The van der Waals surface area contributed by atoms with Crippen molar-refractivity contribution in [3.8, 4) is 77.8 Å². The molecule has 11 rings (SSSR count). The number of aliphatic carboxylic acids is 1. The molecule has 6 nitrogen and oxygen atoms in total. The molecule has 6 heterocycles. The Morgan fingerprint density at radius 2 is 0.926 bits per heavy atom. The van der Waals surface area contributed by atoms with Gasteiger partial charge >= 0.3 is 5.97 Å². The molecule has 0 saturated carbocycles. The van der Waals surface area contributed by atoms with E-state index in [2.05, 4.69) is 120 Å². The number of nitrogens with two attached hydrogens (primary N) is 2. The number of nitriles is 1. The zero-order valence-corrected chi connectivity index (χ0v) is 40.7. The second kappa shape index (κ2) is 18.4. The second-order valence-electron chi connectivity index (χ2n) is 15.7. The molecule has 6 aromatic heterocycles. The van der Waals surface area contributed by atoms with Gasteiger partial charge in [-0.25, -0.2) is 4.79 Å². The van der Waals surface area contributed by atoms with Gasteiger partial charge in [-0.3, -0.25) is 0 Å². The normalized spacial score (nSPS) is 11.5. The predicted molar refractivity (Wildman–Crippen MR) is 294 cm³/mol. The molecule has 0 aliphatic carbocycles. The molecular weight excluding hydrogens is 953 g/mol. The molecule has 5 aromatic carbocycles. The molecule has 0 amide bonds. The Labute approximate surface area is 416 Å². The largest absolute Gasteiger partial charge is 0.477 e. The summed E-state index contributed by atoms with van der Waals surface area (Å²) in [6.45, 7) is 0. The molecule has 11 aromatic rings. The summed E-state index contributed by atoms with van der Waals surface area (Å²) < 4.78 is 2.42. The van der Waals surface area contributed by atoms with E-state index < -0.39 is 5.97 Å². The molecule has 0 fully saturated rings. The molecule has 328 valence electrons. The second-order valence-corrected chi connectivity index (χ2v) is 22.1. The summed E-state index contributed by atoms with van der Waals surface area (Å²) in [7, 11) is 0. The maximum atomic E-state index is 11.7. The number of anilines is 5. The topological polar surface area (TPSA) is 116 Å². The van der Waals surface area contributed by atoms with Crippen LogP contribution >= 0.6 is 68.0 Å². The number of hydrogen-bond donors (Lipinski definition) is 3. The molecule has 12 heteroatoms. The standard InChI is InChI=1S/C56H36N4O2S6/c57-32-35(56(61)62)29-38-21-22-48(63-38)52-50(33-13-5-1-6-14-33)54-55(67-52)51(34-15-7-2-8-16-34)53(68-54)49-28-27-47(66-49)46-26-25-45(65-46)44-24-23-43(64-44)39-30-41(59)42(31-40(39)58)60(36-17-9-3-10-18-36)37-19-11-4-12-20-37/h1-31H,58-59H2,(H,61,62)/b35-29+. The number of fused-ring (bicyclic) bond motifs is 1. The number of thiophene rings is 6. The molecule has 0 radical (unpaired) electrons. The van der Waals surface area contributed by atoms with Crippen molar-refractivity contribution in [3.05, 3.63) is 192 Å². The van der Waals surface area contributed by atoms with Crippen LogP contribution < -0.4 is 16.4 Å². The maximum Gasteiger partial charge on any atom is 0.346 e. The highest BCUT2D eigenvalue weighted by atomic mass is 32.1. The molecule has 0 saturated heterocycles. The van der Waals surface area contributed by atoms with Gasteiger partial charge < -0.3 is 21.5 Å². The van der Waals surface area contributed by atoms with Gasteiger partial charge in [0.25, 0.3) is 0 Å². The number of rotatable bonds is 12. The monoisotopic (exact) mass is 988 g/mol. The average Bonchev–Trinajstić information content (AvgIpc) is 4.24. The smallest absolute Gasteiger partial charge is 0.346 e. The van der Waals surface area contributed by atoms with Crippen LogP contribution in [0.25, 0.3) is 87.2 Å². The van der Waals surface area contributed by atoms with Gasteiger partial charge in [0.15, 0.2) is 0 Å². The quantitative estimate of drug-likeness (QED) is 0.0638. The average molecular weight is 989 g/mol. The highest BCUT2D eigenvalue weighted by Gasteiger charge is 2.26. The van der Waals surface area contributed by atoms with Crippen molar-refractivity contribution in [2.24, 2.45) is 0 Å². The van der Waals surface area contributed by atoms with Gasteiger partial charge in [-0.1, -0.05) is 97.1 Å².